The first kappa shape index (κ1) is 11.9. The maximum Gasteiger partial charge on any atom is 0.268 e. The molecule has 0 saturated heterocycles. The highest BCUT2D eigenvalue weighted by molar-refractivity contribution is 5.93. The van der Waals surface area contributed by atoms with Crippen molar-refractivity contribution in [3.05, 3.63) is 24.3 Å². The highest BCUT2D eigenvalue weighted by Crippen LogP contribution is 2.17. The number of hydrogen-bond acceptors (Lipinski definition) is 5. The van der Waals surface area contributed by atoms with Crippen LogP contribution >= 0.6 is 0 Å². The Morgan fingerprint density at radius 2 is 2.12 bits per heavy atom. The largest absolute Gasteiger partial charge is 0.393 e. The van der Waals surface area contributed by atoms with Crippen molar-refractivity contribution in [2.24, 2.45) is 0 Å². The van der Waals surface area contributed by atoms with Crippen LogP contribution in [0.15, 0.2) is 18.7 Å². The number of nitrogens with zero attached hydrogens (tertiary/aromatic N) is 2. The van der Waals surface area contributed by atoms with E-state index in [0.717, 1.165) is 19.3 Å². The fraction of sp³-hybridized carbons (Fsp3) is 0.545. The number of aliphatic hydroxyl groups is 1. The molecule has 1 heterocycles. The molecule has 1 fully saturated rings. The van der Waals surface area contributed by atoms with Gasteiger partial charge in [0.25, 0.3) is 5.91 Å². The average molecular weight is 236 g/mol. The van der Waals surface area contributed by atoms with Gasteiger partial charge >= 0.3 is 0 Å². The molecule has 17 heavy (non-hydrogen) atoms. The van der Waals surface area contributed by atoms with E-state index in [9.17, 15) is 9.90 Å². The Kier molecular flexibility index (Phi) is 4.00. The molecule has 0 aliphatic heterocycles. The Hall–Kier alpha value is -1.53. The number of rotatable bonds is 3. The summed E-state index contributed by atoms with van der Waals surface area (Å²) in [4.78, 5) is 19.2. The minimum absolute atomic E-state index is 0.132. The van der Waals surface area contributed by atoms with Gasteiger partial charge in [-0.3, -0.25) is 10.2 Å². The molecule has 0 spiro atoms. The predicted molar refractivity (Wildman–Crippen MR) is 60.9 cm³/mol. The maximum absolute atomic E-state index is 11.7. The van der Waals surface area contributed by atoms with Crippen molar-refractivity contribution in [2.45, 2.75) is 37.8 Å². The Morgan fingerprint density at radius 1 is 1.35 bits per heavy atom. The number of aromatic nitrogens is 2. The van der Waals surface area contributed by atoms with Crippen LogP contribution in [0.25, 0.3) is 0 Å². The van der Waals surface area contributed by atoms with Gasteiger partial charge in [0.05, 0.1) is 11.7 Å². The number of carbonyl (C=O) groups excluding carboxylic acids is 1. The van der Waals surface area contributed by atoms with Gasteiger partial charge in [-0.25, -0.2) is 15.4 Å². The van der Waals surface area contributed by atoms with Gasteiger partial charge in [0.15, 0.2) is 0 Å². The molecule has 1 aromatic heterocycles. The standard InChI is InChI=1S/C11H16N4O2/c16-10-3-1-2-9(4-10)14-15-11(17)8-5-12-7-13-6-8/h5-7,9-10,14,16H,1-4H2,(H,15,17). The topological polar surface area (TPSA) is 87.1 Å². The predicted octanol–water partition coefficient (Wildman–Crippen LogP) is 0.0145. The molecule has 92 valence electrons. The lowest BCUT2D eigenvalue weighted by Crippen LogP contribution is -2.47. The molecule has 2 rings (SSSR count). The van der Waals surface area contributed by atoms with E-state index < -0.39 is 0 Å². The lowest BCUT2D eigenvalue weighted by molar-refractivity contribution is 0.0859. The van der Waals surface area contributed by atoms with Crippen LogP contribution in [-0.2, 0) is 0 Å². The lowest BCUT2D eigenvalue weighted by Gasteiger charge is -2.26. The molecule has 6 nitrogen and oxygen atoms in total. The molecule has 1 aliphatic carbocycles. The van der Waals surface area contributed by atoms with Crippen LogP contribution in [0.4, 0.5) is 0 Å². The van der Waals surface area contributed by atoms with Crippen molar-refractivity contribution in [2.75, 3.05) is 0 Å². The van der Waals surface area contributed by atoms with E-state index in [0.29, 0.717) is 12.0 Å². The van der Waals surface area contributed by atoms with Crippen molar-refractivity contribution in [3.63, 3.8) is 0 Å². The molecule has 2 atom stereocenters. The molecule has 1 amide bonds. The van der Waals surface area contributed by atoms with Gasteiger partial charge in [-0.15, -0.1) is 0 Å². The zero-order valence-corrected chi connectivity index (χ0v) is 9.47. The monoisotopic (exact) mass is 236 g/mol. The minimum atomic E-state index is -0.266. The van der Waals surface area contributed by atoms with Crippen LogP contribution in [0.3, 0.4) is 0 Å². The van der Waals surface area contributed by atoms with Crippen LogP contribution in [-0.4, -0.2) is 33.1 Å². The highest BCUT2D eigenvalue weighted by atomic mass is 16.3. The van der Waals surface area contributed by atoms with E-state index >= 15 is 0 Å². The summed E-state index contributed by atoms with van der Waals surface area (Å²) in [5, 5.41) is 9.49. The molecular weight excluding hydrogens is 220 g/mol. The van der Waals surface area contributed by atoms with E-state index in [2.05, 4.69) is 20.8 Å². The summed E-state index contributed by atoms with van der Waals surface area (Å²) in [6, 6.07) is 0.132. The normalized spacial score (nSPS) is 24.3. The van der Waals surface area contributed by atoms with E-state index in [1.807, 2.05) is 0 Å². The van der Waals surface area contributed by atoms with Gasteiger partial charge in [-0.1, -0.05) is 0 Å². The molecular formula is C11H16N4O2. The summed E-state index contributed by atoms with van der Waals surface area (Å²) < 4.78 is 0. The second-order valence-electron chi connectivity index (χ2n) is 4.24. The van der Waals surface area contributed by atoms with Crippen LogP contribution in [0.1, 0.15) is 36.0 Å². The third kappa shape index (κ3) is 3.47. The quantitative estimate of drug-likeness (QED) is 0.644. The third-order valence-corrected chi connectivity index (χ3v) is 2.86. The van der Waals surface area contributed by atoms with E-state index in [1.165, 1.54) is 18.7 Å². The highest BCUT2D eigenvalue weighted by Gasteiger charge is 2.20. The maximum atomic E-state index is 11.7. The first-order chi connectivity index (χ1) is 8.25. The van der Waals surface area contributed by atoms with Crippen LogP contribution in [0.2, 0.25) is 0 Å². The molecule has 3 N–H and O–H groups in total. The first-order valence-electron chi connectivity index (χ1n) is 5.74. The number of hydrogen-bond donors (Lipinski definition) is 3. The zero-order chi connectivity index (χ0) is 12.1. The molecule has 1 aliphatic rings. The SMILES string of the molecule is O=C(NNC1CCCC(O)C1)c1cncnc1. The van der Waals surface area contributed by atoms with Gasteiger partial charge in [0.1, 0.15) is 6.33 Å². The molecule has 1 saturated carbocycles. The van der Waals surface area contributed by atoms with Gasteiger partial charge in [-0.05, 0) is 25.7 Å². The van der Waals surface area contributed by atoms with Crippen molar-refractivity contribution < 1.29 is 9.90 Å². The Morgan fingerprint density at radius 3 is 2.82 bits per heavy atom. The molecule has 6 heteroatoms. The number of carbonyl (C=O) groups is 1. The fourth-order valence-corrected chi connectivity index (χ4v) is 1.95. The van der Waals surface area contributed by atoms with E-state index in [1.54, 1.807) is 0 Å². The Labute approximate surface area is 99.4 Å². The van der Waals surface area contributed by atoms with E-state index in [-0.39, 0.29) is 18.1 Å². The van der Waals surface area contributed by atoms with Crippen molar-refractivity contribution in [1.82, 2.24) is 20.8 Å². The van der Waals surface area contributed by atoms with Gasteiger partial charge in [0.2, 0.25) is 0 Å². The van der Waals surface area contributed by atoms with E-state index in [4.69, 9.17) is 0 Å². The minimum Gasteiger partial charge on any atom is -0.393 e. The lowest BCUT2D eigenvalue weighted by atomic mass is 9.93. The summed E-state index contributed by atoms with van der Waals surface area (Å²) in [6.07, 6.45) is 7.48. The number of aliphatic hydroxyl groups excluding tert-OH is 1. The number of hydrazine groups is 1. The van der Waals surface area contributed by atoms with Gasteiger partial charge < -0.3 is 5.11 Å². The van der Waals surface area contributed by atoms with Gasteiger partial charge in [0, 0.05) is 18.4 Å². The second-order valence-corrected chi connectivity index (χ2v) is 4.24. The fourth-order valence-electron chi connectivity index (χ4n) is 1.95. The molecule has 1 aromatic rings. The Bertz CT molecular complexity index is 371. The zero-order valence-electron chi connectivity index (χ0n) is 9.47. The van der Waals surface area contributed by atoms with Crippen LogP contribution in [0.5, 0.6) is 0 Å². The Balaban J connectivity index is 1.80. The summed E-state index contributed by atoms with van der Waals surface area (Å²) >= 11 is 0. The van der Waals surface area contributed by atoms with Crippen LogP contribution < -0.4 is 10.9 Å². The van der Waals surface area contributed by atoms with Gasteiger partial charge in [-0.2, -0.15) is 0 Å². The van der Waals surface area contributed by atoms with Crippen molar-refractivity contribution >= 4 is 5.91 Å². The summed E-state index contributed by atoms with van der Waals surface area (Å²) in [6.45, 7) is 0. The summed E-state index contributed by atoms with van der Waals surface area (Å²) in [5.74, 6) is -0.259. The molecule has 2 unspecified atom stereocenters. The second kappa shape index (κ2) is 5.70. The van der Waals surface area contributed by atoms with Crippen molar-refractivity contribution in [1.29, 1.82) is 0 Å². The van der Waals surface area contributed by atoms with Crippen molar-refractivity contribution in [3.8, 4) is 0 Å². The number of nitrogens with one attached hydrogen (secondary N) is 2. The number of amides is 1. The molecule has 0 aromatic carbocycles. The summed E-state index contributed by atoms with van der Waals surface area (Å²) in [5.41, 5.74) is 5.96. The molecule has 0 bridgehead atoms. The third-order valence-electron chi connectivity index (χ3n) is 2.86. The summed E-state index contributed by atoms with van der Waals surface area (Å²) in [7, 11) is 0. The van der Waals surface area contributed by atoms with Crippen LogP contribution in [0, 0.1) is 0 Å². The smallest absolute Gasteiger partial charge is 0.268 e. The molecule has 0 radical (unpaired) electrons. The average Bonchev–Trinajstić information content (AvgIpc) is 2.37. The first-order valence-corrected chi connectivity index (χ1v) is 5.74.